The summed E-state index contributed by atoms with van der Waals surface area (Å²) in [5.41, 5.74) is 0. The van der Waals surface area contributed by atoms with Crippen LogP contribution in [-0.2, 0) is 18.1 Å². The Morgan fingerprint density at radius 3 is 1.53 bits per heavy atom. The van der Waals surface area contributed by atoms with Crippen LogP contribution in [0.3, 0.4) is 0 Å². The van der Waals surface area contributed by atoms with Gasteiger partial charge in [-0.05, 0) is 54.5 Å². The zero-order valence-electron chi connectivity index (χ0n) is 22.7. The molecule has 0 heterocycles. The maximum absolute atomic E-state index is 13.7. The van der Waals surface area contributed by atoms with Crippen LogP contribution < -0.4 is 5.32 Å². The first-order valence-electron chi connectivity index (χ1n) is 13.3. The third-order valence-corrected chi connectivity index (χ3v) is 8.99. The molecule has 0 rings (SSSR count). The van der Waals surface area contributed by atoms with Crippen LogP contribution >= 0.6 is 7.82 Å². The third kappa shape index (κ3) is 11.4. The van der Waals surface area contributed by atoms with Gasteiger partial charge in [-0.15, -0.1) is 0 Å². The SMILES string of the molecule is CCCCC(CNCC)OP(=O)(OCC[N+](CC)(CC)CC)OCC[N+](CC)(CC)CC. The Morgan fingerprint density at radius 2 is 1.19 bits per heavy atom. The Morgan fingerprint density at radius 1 is 0.750 bits per heavy atom. The Labute approximate surface area is 200 Å². The average molecular weight is 482 g/mol. The quantitative estimate of drug-likeness (QED) is 0.173. The van der Waals surface area contributed by atoms with E-state index in [1.165, 1.54) is 0 Å². The molecule has 1 atom stereocenters. The molecular weight excluding hydrogens is 425 g/mol. The largest absolute Gasteiger partial charge is 0.475 e. The third-order valence-electron chi connectivity index (χ3n) is 7.43. The molecule has 0 aliphatic rings. The van der Waals surface area contributed by atoms with Crippen molar-refractivity contribution in [2.75, 3.05) is 78.7 Å². The van der Waals surface area contributed by atoms with Crippen LogP contribution in [0, 0.1) is 0 Å². The normalized spacial score (nSPS) is 14.1. The highest BCUT2D eigenvalue weighted by atomic mass is 31.2. The van der Waals surface area contributed by atoms with Gasteiger partial charge in [0.1, 0.15) is 26.3 Å². The summed E-state index contributed by atoms with van der Waals surface area (Å²) in [6.45, 7) is 27.5. The molecule has 8 heteroatoms. The molecule has 0 aromatic rings. The maximum Gasteiger partial charge on any atom is 0.475 e. The van der Waals surface area contributed by atoms with Crippen molar-refractivity contribution in [1.82, 2.24) is 5.32 Å². The van der Waals surface area contributed by atoms with E-state index in [4.69, 9.17) is 13.6 Å². The Balaban J connectivity index is 5.33. The zero-order chi connectivity index (χ0) is 24.5. The van der Waals surface area contributed by atoms with Gasteiger partial charge in [-0.25, -0.2) is 4.57 Å². The molecular formula is C24H56N3O4P+2. The van der Waals surface area contributed by atoms with Gasteiger partial charge in [0.05, 0.1) is 45.4 Å². The summed E-state index contributed by atoms with van der Waals surface area (Å²) < 4.78 is 33.7. The van der Waals surface area contributed by atoms with E-state index in [-0.39, 0.29) is 6.10 Å². The molecule has 0 aromatic heterocycles. The second kappa shape index (κ2) is 17.4. The summed E-state index contributed by atoms with van der Waals surface area (Å²) in [5, 5.41) is 3.33. The standard InChI is InChI=1S/C24H56N3O4P/c1-9-17-18-24(23-25-10-2)31-32(28,29-21-19-26(11-3,12-4)13-5)30-22-20-27(14-6,15-7)16-8/h24-25H,9-23H2,1-8H3/q+2. The molecule has 0 radical (unpaired) electrons. The van der Waals surface area contributed by atoms with E-state index in [1.54, 1.807) is 0 Å². The summed E-state index contributed by atoms with van der Waals surface area (Å²) in [5.74, 6) is 0. The smallest absolute Gasteiger partial charge is 0.322 e. The summed E-state index contributed by atoms with van der Waals surface area (Å²) in [6.07, 6.45) is 2.77. The molecule has 0 bridgehead atoms. The molecule has 0 fully saturated rings. The number of quaternary nitrogens is 2. The topological polar surface area (TPSA) is 56.8 Å². The summed E-state index contributed by atoms with van der Waals surface area (Å²) in [4.78, 5) is 0. The highest BCUT2D eigenvalue weighted by molar-refractivity contribution is 7.48. The number of nitrogens with one attached hydrogen (secondary N) is 1. The molecule has 7 nitrogen and oxygen atoms in total. The lowest BCUT2D eigenvalue weighted by Crippen LogP contribution is -2.49. The van der Waals surface area contributed by atoms with E-state index in [0.29, 0.717) is 19.8 Å². The van der Waals surface area contributed by atoms with E-state index < -0.39 is 7.82 Å². The van der Waals surface area contributed by atoms with Gasteiger partial charge in [-0.3, -0.25) is 13.6 Å². The molecule has 0 spiro atoms. The Hall–Kier alpha value is -0.0100. The minimum atomic E-state index is -3.65. The van der Waals surface area contributed by atoms with Crippen molar-refractivity contribution in [3.8, 4) is 0 Å². The zero-order valence-corrected chi connectivity index (χ0v) is 23.6. The van der Waals surface area contributed by atoms with Crippen LogP contribution in [0.15, 0.2) is 0 Å². The van der Waals surface area contributed by atoms with Crippen molar-refractivity contribution < 1.29 is 27.1 Å². The van der Waals surface area contributed by atoms with Crippen LogP contribution in [0.25, 0.3) is 0 Å². The van der Waals surface area contributed by atoms with E-state index in [1.807, 2.05) is 0 Å². The summed E-state index contributed by atoms with van der Waals surface area (Å²) >= 11 is 0. The van der Waals surface area contributed by atoms with Gasteiger partial charge in [-0.2, -0.15) is 0 Å². The van der Waals surface area contributed by atoms with E-state index >= 15 is 0 Å². The first-order valence-corrected chi connectivity index (χ1v) is 14.7. The Bertz CT molecular complexity index is 445. The van der Waals surface area contributed by atoms with Crippen molar-refractivity contribution in [3.63, 3.8) is 0 Å². The minimum Gasteiger partial charge on any atom is -0.322 e. The fraction of sp³-hybridized carbons (Fsp3) is 1.00. The van der Waals surface area contributed by atoms with Crippen LogP contribution in [0.1, 0.15) is 74.7 Å². The predicted molar refractivity (Wildman–Crippen MR) is 136 cm³/mol. The maximum atomic E-state index is 13.7. The van der Waals surface area contributed by atoms with Gasteiger partial charge in [0.15, 0.2) is 0 Å². The van der Waals surface area contributed by atoms with Crippen molar-refractivity contribution in [2.45, 2.75) is 80.8 Å². The molecule has 0 aliphatic carbocycles. The summed E-state index contributed by atoms with van der Waals surface area (Å²) in [6, 6.07) is 0. The van der Waals surface area contributed by atoms with Gasteiger partial charge in [-0.1, -0.05) is 26.7 Å². The molecule has 0 saturated heterocycles. The van der Waals surface area contributed by atoms with Crippen LogP contribution in [0.5, 0.6) is 0 Å². The van der Waals surface area contributed by atoms with Crippen molar-refractivity contribution in [2.24, 2.45) is 0 Å². The fourth-order valence-electron chi connectivity index (χ4n) is 4.19. The van der Waals surface area contributed by atoms with Gasteiger partial charge in [0, 0.05) is 6.54 Å². The second-order valence-corrected chi connectivity index (χ2v) is 10.4. The lowest BCUT2D eigenvalue weighted by molar-refractivity contribution is -0.923. The van der Waals surface area contributed by atoms with Crippen LogP contribution in [-0.4, -0.2) is 93.7 Å². The first-order chi connectivity index (χ1) is 15.3. The lowest BCUT2D eigenvalue weighted by Gasteiger charge is -2.37. The lowest BCUT2D eigenvalue weighted by atomic mass is 10.1. The molecule has 1 unspecified atom stereocenters. The number of phosphoric ester groups is 1. The molecule has 32 heavy (non-hydrogen) atoms. The van der Waals surface area contributed by atoms with Crippen LogP contribution in [0.4, 0.5) is 0 Å². The number of hydrogen-bond donors (Lipinski definition) is 1. The van der Waals surface area contributed by atoms with Gasteiger partial charge in [0.25, 0.3) is 0 Å². The minimum absolute atomic E-state index is 0.175. The number of phosphoric acid groups is 1. The second-order valence-electron chi connectivity index (χ2n) is 8.82. The van der Waals surface area contributed by atoms with Gasteiger partial charge in [0.2, 0.25) is 0 Å². The van der Waals surface area contributed by atoms with E-state index in [2.05, 4.69) is 60.7 Å². The number of likely N-dealkylation sites (N-methyl/N-ethyl adjacent to an activating group) is 3. The predicted octanol–water partition coefficient (Wildman–Crippen LogP) is 5.07. The number of hydrogen-bond acceptors (Lipinski definition) is 5. The van der Waals surface area contributed by atoms with Gasteiger partial charge < -0.3 is 14.3 Å². The highest BCUT2D eigenvalue weighted by Gasteiger charge is 2.34. The first kappa shape index (κ1) is 32.0. The number of rotatable bonds is 22. The molecule has 0 aromatic carbocycles. The highest BCUT2D eigenvalue weighted by Crippen LogP contribution is 2.51. The molecule has 0 amide bonds. The number of unbranched alkanes of at least 4 members (excludes halogenated alkanes) is 1. The van der Waals surface area contributed by atoms with Gasteiger partial charge >= 0.3 is 7.82 Å². The monoisotopic (exact) mass is 481 g/mol. The molecule has 0 saturated carbocycles. The van der Waals surface area contributed by atoms with E-state index in [9.17, 15) is 4.57 Å². The molecule has 194 valence electrons. The fourth-order valence-corrected chi connectivity index (χ4v) is 5.54. The van der Waals surface area contributed by atoms with E-state index in [0.717, 1.165) is 87.1 Å². The molecule has 1 N–H and O–H groups in total. The molecule has 0 aliphatic heterocycles. The van der Waals surface area contributed by atoms with Crippen molar-refractivity contribution >= 4 is 7.82 Å². The average Bonchev–Trinajstić information content (AvgIpc) is 2.82. The van der Waals surface area contributed by atoms with Crippen molar-refractivity contribution in [1.29, 1.82) is 0 Å². The number of nitrogens with zero attached hydrogens (tertiary/aromatic N) is 2. The summed E-state index contributed by atoms with van der Waals surface area (Å²) in [7, 11) is -3.65. The van der Waals surface area contributed by atoms with Crippen molar-refractivity contribution in [3.05, 3.63) is 0 Å². The Kier molecular flexibility index (Phi) is 17.4. The van der Waals surface area contributed by atoms with Crippen LogP contribution in [0.2, 0.25) is 0 Å².